The molecule has 0 spiro atoms. The summed E-state index contributed by atoms with van der Waals surface area (Å²) >= 11 is 0. The fourth-order valence-corrected chi connectivity index (χ4v) is 2.18. The predicted molar refractivity (Wildman–Crippen MR) is 94.8 cm³/mol. The maximum absolute atomic E-state index is 5.83. The van der Waals surface area contributed by atoms with Crippen molar-refractivity contribution < 1.29 is 18.9 Å². The molecule has 0 amide bonds. The van der Waals surface area contributed by atoms with Crippen LogP contribution in [0, 0.1) is 6.92 Å². The van der Waals surface area contributed by atoms with E-state index in [-0.39, 0.29) is 0 Å². The summed E-state index contributed by atoms with van der Waals surface area (Å²) in [6, 6.07) is 16.0. The Morgan fingerprint density at radius 1 is 0.792 bits per heavy atom. The van der Waals surface area contributed by atoms with E-state index in [1.165, 1.54) is 5.56 Å². The van der Waals surface area contributed by atoms with E-state index in [4.69, 9.17) is 18.9 Å². The first-order valence-electron chi connectivity index (χ1n) is 8.26. The van der Waals surface area contributed by atoms with E-state index in [0.717, 1.165) is 30.1 Å². The molecule has 0 aliphatic carbocycles. The van der Waals surface area contributed by atoms with Crippen LogP contribution >= 0.6 is 0 Å². The lowest BCUT2D eigenvalue weighted by molar-refractivity contribution is 0.0801. The monoisotopic (exact) mass is 330 g/mol. The molecule has 0 aliphatic rings. The van der Waals surface area contributed by atoms with Crippen molar-refractivity contribution >= 4 is 0 Å². The Balaban J connectivity index is 1.76. The minimum Gasteiger partial charge on any atom is -0.491 e. The largest absolute Gasteiger partial charge is 0.491 e. The summed E-state index contributed by atoms with van der Waals surface area (Å²) in [6.45, 7) is 5.04. The molecule has 0 N–H and O–H groups in total. The number of hydrogen-bond acceptors (Lipinski definition) is 4. The topological polar surface area (TPSA) is 36.9 Å². The number of ether oxygens (including phenoxy) is 4. The zero-order chi connectivity index (χ0) is 17.0. The van der Waals surface area contributed by atoms with E-state index >= 15 is 0 Å². The van der Waals surface area contributed by atoms with Crippen LogP contribution in [0.1, 0.15) is 17.5 Å². The summed E-state index contributed by atoms with van der Waals surface area (Å²) in [4.78, 5) is 0. The number of methoxy groups -OCH3 is 1. The summed E-state index contributed by atoms with van der Waals surface area (Å²) in [5.74, 6) is 1.70. The van der Waals surface area contributed by atoms with E-state index in [9.17, 15) is 0 Å². The van der Waals surface area contributed by atoms with Gasteiger partial charge in [-0.15, -0.1) is 0 Å². The second kappa shape index (κ2) is 10.7. The van der Waals surface area contributed by atoms with Gasteiger partial charge in [0.2, 0.25) is 0 Å². The van der Waals surface area contributed by atoms with Crippen molar-refractivity contribution in [2.75, 3.05) is 33.5 Å². The minimum atomic E-state index is 0.480. The van der Waals surface area contributed by atoms with Gasteiger partial charge in [-0.1, -0.05) is 35.9 Å². The first-order chi connectivity index (χ1) is 11.8. The molecule has 4 nitrogen and oxygen atoms in total. The molecule has 0 saturated heterocycles. The van der Waals surface area contributed by atoms with Gasteiger partial charge in [0.1, 0.15) is 24.7 Å². The third-order valence-electron chi connectivity index (χ3n) is 3.51. The van der Waals surface area contributed by atoms with Gasteiger partial charge in [-0.3, -0.25) is 0 Å². The SMILES string of the molecule is COCCCOCCOc1ccccc1COc1ccc(C)cc1. The molecule has 4 heteroatoms. The lowest BCUT2D eigenvalue weighted by Gasteiger charge is -2.13. The predicted octanol–water partition coefficient (Wildman–Crippen LogP) is 4.01. The van der Waals surface area contributed by atoms with Gasteiger partial charge in [-0.25, -0.2) is 0 Å². The van der Waals surface area contributed by atoms with Gasteiger partial charge in [0.15, 0.2) is 0 Å². The van der Waals surface area contributed by atoms with E-state index in [2.05, 4.69) is 6.92 Å². The highest BCUT2D eigenvalue weighted by molar-refractivity contribution is 5.34. The van der Waals surface area contributed by atoms with Crippen molar-refractivity contribution in [3.05, 3.63) is 59.7 Å². The van der Waals surface area contributed by atoms with Crippen molar-refractivity contribution in [1.29, 1.82) is 0 Å². The number of rotatable bonds is 11. The highest BCUT2D eigenvalue weighted by atomic mass is 16.5. The molecule has 0 aliphatic heterocycles. The van der Waals surface area contributed by atoms with Crippen LogP contribution in [0.3, 0.4) is 0 Å². The van der Waals surface area contributed by atoms with Gasteiger partial charge in [0.25, 0.3) is 0 Å². The molecule has 0 saturated carbocycles. The molecular formula is C20H26O4. The van der Waals surface area contributed by atoms with Gasteiger partial charge in [-0.05, 0) is 31.5 Å². The summed E-state index contributed by atoms with van der Waals surface area (Å²) in [5.41, 5.74) is 2.24. The molecule has 0 radical (unpaired) electrons. The van der Waals surface area contributed by atoms with E-state index in [0.29, 0.717) is 26.4 Å². The van der Waals surface area contributed by atoms with Crippen molar-refractivity contribution in [1.82, 2.24) is 0 Å². The molecule has 0 heterocycles. The summed E-state index contributed by atoms with van der Waals surface area (Å²) in [5, 5.41) is 0. The highest BCUT2D eigenvalue weighted by Crippen LogP contribution is 2.21. The third kappa shape index (κ3) is 6.60. The number of para-hydroxylation sites is 1. The quantitative estimate of drug-likeness (QED) is 0.584. The Morgan fingerprint density at radius 2 is 1.58 bits per heavy atom. The highest BCUT2D eigenvalue weighted by Gasteiger charge is 2.04. The zero-order valence-electron chi connectivity index (χ0n) is 14.5. The van der Waals surface area contributed by atoms with Gasteiger partial charge < -0.3 is 18.9 Å². The molecule has 24 heavy (non-hydrogen) atoms. The lowest BCUT2D eigenvalue weighted by atomic mass is 10.2. The molecule has 0 fully saturated rings. The molecule has 2 aromatic rings. The summed E-state index contributed by atoms with van der Waals surface area (Å²) in [7, 11) is 1.69. The van der Waals surface area contributed by atoms with Crippen molar-refractivity contribution in [3.8, 4) is 11.5 Å². The average Bonchev–Trinajstić information content (AvgIpc) is 2.61. The smallest absolute Gasteiger partial charge is 0.126 e. The fraction of sp³-hybridized carbons (Fsp3) is 0.400. The van der Waals surface area contributed by atoms with Crippen LogP contribution in [-0.4, -0.2) is 33.5 Å². The molecule has 2 aromatic carbocycles. The standard InChI is InChI=1S/C20H26O4/c1-17-8-10-19(11-9-17)24-16-18-6-3-4-7-20(18)23-15-14-22-13-5-12-21-2/h3-4,6-11H,5,12-16H2,1-2H3. The van der Waals surface area contributed by atoms with Crippen molar-refractivity contribution in [2.24, 2.45) is 0 Å². The van der Waals surface area contributed by atoms with Gasteiger partial charge >= 0.3 is 0 Å². The average molecular weight is 330 g/mol. The van der Waals surface area contributed by atoms with Crippen LogP contribution in [0.4, 0.5) is 0 Å². The Morgan fingerprint density at radius 3 is 2.38 bits per heavy atom. The number of benzene rings is 2. The lowest BCUT2D eigenvalue weighted by Crippen LogP contribution is -2.10. The summed E-state index contributed by atoms with van der Waals surface area (Å²) < 4.78 is 22.1. The molecule has 0 aromatic heterocycles. The maximum Gasteiger partial charge on any atom is 0.126 e. The third-order valence-corrected chi connectivity index (χ3v) is 3.51. The van der Waals surface area contributed by atoms with E-state index in [1.54, 1.807) is 7.11 Å². The van der Waals surface area contributed by atoms with Crippen LogP contribution in [-0.2, 0) is 16.1 Å². The first kappa shape index (κ1) is 18.3. The van der Waals surface area contributed by atoms with Gasteiger partial charge in [0.05, 0.1) is 6.61 Å². The van der Waals surface area contributed by atoms with Crippen LogP contribution in [0.25, 0.3) is 0 Å². The summed E-state index contributed by atoms with van der Waals surface area (Å²) in [6.07, 6.45) is 0.900. The van der Waals surface area contributed by atoms with Crippen LogP contribution in [0.15, 0.2) is 48.5 Å². The minimum absolute atomic E-state index is 0.480. The Hall–Kier alpha value is -2.04. The van der Waals surface area contributed by atoms with Crippen molar-refractivity contribution in [3.63, 3.8) is 0 Å². The van der Waals surface area contributed by atoms with Crippen LogP contribution in [0.2, 0.25) is 0 Å². The Kier molecular flexibility index (Phi) is 8.15. The molecular weight excluding hydrogens is 304 g/mol. The maximum atomic E-state index is 5.83. The molecule has 0 atom stereocenters. The first-order valence-corrected chi connectivity index (χ1v) is 8.26. The fourth-order valence-electron chi connectivity index (χ4n) is 2.18. The van der Waals surface area contributed by atoms with Crippen LogP contribution < -0.4 is 9.47 Å². The van der Waals surface area contributed by atoms with Crippen molar-refractivity contribution in [2.45, 2.75) is 20.0 Å². The van der Waals surface area contributed by atoms with E-state index < -0.39 is 0 Å². The zero-order valence-corrected chi connectivity index (χ0v) is 14.5. The Labute approximate surface area is 144 Å². The molecule has 2 rings (SSSR count). The normalized spacial score (nSPS) is 10.6. The molecule has 130 valence electrons. The number of aryl methyl sites for hydroxylation is 1. The van der Waals surface area contributed by atoms with Gasteiger partial charge in [0, 0.05) is 25.9 Å². The van der Waals surface area contributed by atoms with Gasteiger partial charge in [-0.2, -0.15) is 0 Å². The molecule has 0 bridgehead atoms. The second-order valence-electron chi connectivity index (χ2n) is 5.52. The number of hydrogen-bond donors (Lipinski definition) is 0. The second-order valence-corrected chi connectivity index (χ2v) is 5.52. The molecule has 0 unspecified atom stereocenters. The Bertz CT molecular complexity index is 580. The van der Waals surface area contributed by atoms with E-state index in [1.807, 2.05) is 48.5 Å². The van der Waals surface area contributed by atoms with Crippen LogP contribution in [0.5, 0.6) is 11.5 Å².